The molecule has 0 aliphatic carbocycles. The van der Waals surface area contributed by atoms with Crippen LogP contribution in [0, 0.1) is 6.45 Å². The lowest BCUT2D eigenvalue weighted by Crippen LogP contribution is -3.61. The molecule has 1 aromatic heterocycles. The molecule has 0 saturated heterocycles. The fourth-order valence-corrected chi connectivity index (χ4v) is 7.69. The summed E-state index contributed by atoms with van der Waals surface area (Å²) in [5.74, 6) is 0. The molecule has 3 heteroatoms. The van der Waals surface area contributed by atoms with Crippen molar-refractivity contribution in [2.75, 3.05) is 0 Å². The van der Waals surface area contributed by atoms with Crippen LogP contribution in [0.3, 0.4) is 0 Å². The molecule has 0 fully saturated rings. The van der Waals surface area contributed by atoms with Gasteiger partial charge in [-0.2, -0.15) is 0 Å². The van der Waals surface area contributed by atoms with Gasteiger partial charge in [0.25, 0.3) is 0 Å². The smallest absolute Gasteiger partial charge is 0.0964 e. The quantitative estimate of drug-likeness (QED) is 0.551. The molecule has 2 aromatic rings. The summed E-state index contributed by atoms with van der Waals surface area (Å²) in [5.41, 5.74) is 0. The zero-order valence-electron chi connectivity index (χ0n) is 9.83. The first-order valence-corrected chi connectivity index (χ1v) is 11.9. The third-order valence-electron chi connectivity index (χ3n) is 2.37. The maximum atomic E-state index is 2.46. The van der Waals surface area contributed by atoms with E-state index in [1.807, 2.05) is 11.3 Å². The molecule has 0 bridgehead atoms. The molecular formula is C13H16ISSi+. The summed E-state index contributed by atoms with van der Waals surface area (Å²) in [6.07, 6.45) is 0. The lowest BCUT2D eigenvalue weighted by atomic mass is 10.4. The van der Waals surface area contributed by atoms with Gasteiger partial charge in [-0.1, -0.05) is 49.2 Å². The summed E-state index contributed by atoms with van der Waals surface area (Å²) in [4.78, 5) is 0. The van der Waals surface area contributed by atoms with Crippen LogP contribution in [-0.4, -0.2) is 8.07 Å². The Bertz CT molecular complexity index is 456. The summed E-state index contributed by atoms with van der Waals surface area (Å²) in [7, 11) is -1.10. The molecule has 2 rings (SSSR count). The van der Waals surface area contributed by atoms with Crippen LogP contribution < -0.4 is 26.4 Å². The van der Waals surface area contributed by atoms with Crippen molar-refractivity contribution in [3.63, 3.8) is 0 Å². The van der Waals surface area contributed by atoms with Crippen molar-refractivity contribution in [1.82, 2.24) is 0 Å². The summed E-state index contributed by atoms with van der Waals surface area (Å²) >= 11 is 2.00. The van der Waals surface area contributed by atoms with Crippen LogP contribution in [0.1, 0.15) is 0 Å². The number of hydrogen-bond acceptors (Lipinski definition) is 1. The van der Waals surface area contributed by atoms with Gasteiger partial charge in [-0.05, 0) is 22.7 Å². The van der Waals surface area contributed by atoms with Crippen LogP contribution in [0.15, 0.2) is 41.8 Å². The second-order valence-electron chi connectivity index (χ2n) is 4.78. The zero-order valence-corrected chi connectivity index (χ0v) is 13.8. The third kappa shape index (κ3) is 3.18. The lowest BCUT2D eigenvalue weighted by molar-refractivity contribution is -0.591. The highest BCUT2D eigenvalue weighted by Gasteiger charge is 2.23. The van der Waals surface area contributed by atoms with Crippen molar-refractivity contribution in [1.29, 1.82) is 0 Å². The Labute approximate surface area is 113 Å². The van der Waals surface area contributed by atoms with Crippen LogP contribution in [0.2, 0.25) is 19.6 Å². The van der Waals surface area contributed by atoms with E-state index in [4.69, 9.17) is 0 Å². The molecule has 0 radical (unpaired) electrons. The van der Waals surface area contributed by atoms with Gasteiger partial charge in [0.1, 0.15) is 0 Å². The maximum Gasteiger partial charge on any atom is 0.369 e. The predicted octanol–water partition coefficient (Wildman–Crippen LogP) is 0.422. The Morgan fingerprint density at radius 1 is 1.06 bits per heavy atom. The molecule has 0 N–H and O–H groups in total. The topological polar surface area (TPSA) is 0 Å². The second-order valence-corrected chi connectivity index (χ2v) is 14.4. The zero-order chi connectivity index (χ0) is 11.6. The molecule has 16 heavy (non-hydrogen) atoms. The minimum atomic E-state index is -1.10. The first-order chi connectivity index (χ1) is 7.55. The molecule has 0 unspecified atom stereocenters. The standard InChI is InChI=1S/C13H16ISSi/c1-16(2,3)12-9-13(15-10-12)14-11-7-5-4-6-8-11/h4-10H,1-3H3/q+1. The van der Waals surface area contributed by atoms with Crippen LogP contribution in [-0.2, 0) is 0 Å². The summed E-state index contributed by atoms with van der Waals surface area (Å²) in [6, 6.07) is 13.3. The summed E-state index contributed by atoms with van der Waals surface area (Å²) < 4.78 is 3.12. The van der Waals surface area contributed by atoms with E-state index in [9.17, 15) is 0 Å². The molecule has 0 saturated carbocycles. The Morgan fingerprint density at radius 3 is 2.31 bits per heavy atom. The number of hydrogen-bond donors (Lipinski definition) is 0. The van der Waals surface area contributed by atoms with Crippen molar-refractivity contribution in [3.8, 4) is 0 Å². The van der Waals surface area contributed by atoms with Gasteiger partial charge in [-0.15, -0.1) is 0 Å². The maximum absolute atomic E-state index is 2.46. The SMILES string of the molecule is C[Si](C)(C)c1csc([I+]c2ccccc2)c1. The second kappa shape index (κ2) is 5.02. The van der Waals surface area contributed by atoms with Crippen LogP contribution in [0.4, 0.5) is 0 Å². The van der Waals surface area contributed by atoms with Gasteiger partial charge in [0.2, 0.25) is 2.88 Å². The van der Waals surface area contributed by atoms with Gasteiger partial charge in [0, 0.05) is 6.07 Å². The highest BCUT2D eigenvalue weighted by atomic mass is 127. The first kappa shape index (κ1) is 12.3. The highest BCUT2D eigenvalue weighted by molar-refractivity contribution is 7.09. The fourth-order valence-electron chi connectivity index (χ4n) is 1.34. The van der Waals surface area contributed by atoms with E-state index in [2.05, 4.69) is 61.4 Å². The fraction of sp³-hybridized carbons (Fsp3) is 0.231. The van der Waals surface area contributed by atoms with Crippen molar-refractivity contribution < 1.29 is 21.2 Å². The molecule has 0 spiro atoms. The van der Waals surface area contributed by atoms with Crippen molar-refractivity contribution in [2.24, 2.45) is 0 Å². The van der Waals surface area contributed by atoms with E-state index in [0.29, 0.717) is 0 Å². The van der Waals surface area contributed by atoms with Gasteiger partial charge < -0.3 is 0 Å². The van der Waals surface area contributed by atoms with Crippen molar-refractivity contribution in [2.45, 2.75) is 19.6 Å². The van der Waals surface area contributed by atoms with E-state index in [1.165, 1.54) is 3.57 Å². The van der Waals surface area contributed by atoms with E-state index < -0.39 is 8.07 Å². The van der Waals surface area contributed by atoms with Gasteiger partial charge in [0.05, 0.1) is 8.07 Å². The van der Waals surface area contributed by atoms with Crippen LogP contribution in [0.25, 0.3) is 0 Å². The van der Waals surface area contributed by atoms with Gasteiger partial charge >= 0.3 is 21.2 Å². The third-order valence-corrected chi connectivity index (χ3v) is 8.78. The average molecular weight is 359 g/mol. The first-order valence-electron chi connectivity index (χ1n) is 5.34. The molecule has 0 nitrogen and oxygen atoms in total. The highest BCUT2D eigenvalue weighted by Crippen LogP contribution is 2.05. The van der Waals surface area contributed by atoms with Crippen LogP contribution in [0.5, 0.6) is 0 Å². The summed E-state index contributed by atoms with van der Waals surface area (Å²) in [6.45, 7) is 7.25. The minimum Gasteiger partial charge on any atom is -0.0964 e. The van der Waals surface area contributed by atoms with E-state index in [1.54, 1.807) is 8.07 Å². The Hall–Kier alpha value is -0.133. The predicted molar refractivity (Wildman–Crippen MR) is 71.1 cm³/mol. The molecular weight excluding hydrogens is 343 g/mol. The van der Waals surface area contributed by atoms with Gasteiger partial charge in [0.15, 0.2) is 3.57 Å². The van der Waals surface area contributed by atoms with E-state index in [-0.39, 0.29) is 21.2 Å². The molecule has 0 amide bonds. The average Bonchev–Trinajstić information content (AvgIpc) is 2.67. The summed E-state index contributed by atoms with van der Waals surface area (Å²) in [5, 5.41) is 3.99. The molecule has 0 aliphatic rings. The molecule has 1 aromatic carbocycles. The van der Waals surface area contributed by atoms with Crippen LogP contribution >= 0.6 is 11.3 Å². The molecule has 0 atom stereocenters. The molecule has 1 heterocycles. The van der Waals surface area contributed by atoms with Crippen molar-refractivity contribution in [3.05, 3.63) is 48.2 Å². The largest absolute Gasteiger partial charge is 0.369 e. The van der Waals surface area contributed by atoms with Crippen molar-refractivity contribution >= 4 is 24.6 Å². The number of rotatable bonds is 3. The van der Waals surface area contributed by atoms with E-state index in [0.717, 1.165) is 0 Å². The molecule has 84 valence electrons. The number of halogens is 1. The normalized spacial score (nSPS) is 11.7. The van der Waals surface area contributed by atoms with E-state index >= 15 is 0 Å². The van der Waals surface area contributed by atoms with Gasteiger partial charge in [-0.25, -0.2) is 0 Å². The number of benzene rings is 1. The minimum absolute atomic E-state index is 0.0419. The number of thiophene rings is 1. The Morgan fingerprint density at radius 2 is 1.75 bits per heavy atom. The van der Waals surface area contributed by atoms with Gasteiger partial charge in [-0.3, -0.25) is 0 Å². The monoisotopic (exact) mass is 359 g/mol. The Balaban J connectivity index is 2.15. The lowest BCUT2D eigenvalue weighted by Gasteiger charge is -2.12. The molecule has 0 aliphatic heterocycles. The Kier molecular flexibility index (Phi) is 3.87.